The van der Waals surface area contributed by atoms with Crippen LogP contribution in [0.5, 0.6) is 0 Å². The van der Waals surface area contributed by atoms with E-state index in [4.69, 9.17) is 5.73 Å². The van der Waals surface area contributed by atoms with Crippen molar-refractivity contribution in [3.63, 3.8) is 0 Å². The Morgan fingerprint density at radius 3 is 2.67 bits per heavy atom. The van der Waals surface area contributed by atoms with Crippen molar-refractivity contribution < 1.29 is 18.0 Å². The highest BCUT2D eigenvalue weighted by molar-refractivity contribution is 5.78. The molecular weight excluding hydrogens is 247 g/mol. The second-order valence-electron chi connectivity index (χ2n) is 3.83. The van der Waals surface area contributed by atoms with Gasteiger partial charge in [0.1, 0.15) is 0 Å². The van der Waals surface area contributed by atoms with Crippen LogP contribution in [0.1, 0.15) is 18.5 Å². The lowest BCUT2D eigenvalue weighted by atomic mass is 10.2. The van der Waals surface area contributed by atoms with Crippen LogP contribution in [0.25, 0.3) is 0 Å². The summed E-state index contributed by atoms with van der Waals surface area (Å²) in [6.07, 6.45) is -3.74. The van der Waals surface area contributed by atoms with Gasteiger partial charge in [-0.15, -0.1) is 0 Å². The standard InChI is InChI=1S/C11H14F3N3O/c12-11(13,14)4-1-5-16-10(18)6-9-3-2-8(15)7-17-9/h2-3,7H,1,4-6,15H2,(H,16,18). The fourth-order valence-electron chi connectivity index (χ4n) is 1.28. The average Bonchev–Trinajstić information content (AvgIpc) is 2.26. The number of nitrogens with two attached hydrogens (primary N) is 1. The van der Waals surface area contributed by atoms with Crippen molar-refractivity contribution in [2.24, 2.45) is 0 Å². The van der Waals surface area contributed by atoms with Gasteiger partial charge in [0.05, 0.1) is 18.3 Å². The highest BCUT2D eigenvalue weighted by atomic mass is 19.4. The number of alkyl halides is 3. The molecule has 3 N–H and O–H groups in total. The van der Waals surface area contributed by atoms with E-state index in [1.54, 1.807) is 12.1 Å². The van der Waals surface area contributed by atoms with E-state index in [1.165, 1.54) is 6.20 Å². The topological polar surface area (TPSA) is 68.0 Å². The summed E-state index contributed by atoms with van der Waals surface area (Å²) in [5.41, 5.74) is 6.44. The van der Waals surface area contributed by atoms with Gasteiger partial charge in [-0.25, -0.2) is 0 Å². The van der Waals surface area contributed by atoms with Crippen LogP contribution >= 0.6 is 0 Å². The van der Waals surface area contributed by atoms with Gasteiger partial charge < -0.3 is 11.1 Å². The minimum atomic E-state index is -4.18. The number of anilines is 1. The van der Waals surface area contributed by atoms with Crippen LogP contribution in [0.15, 0.2) is 18.3 Å². The number of aromatic nitrogens is 1. The second-order valence-corrected chi connectivity index (χ2v) is 3.83. The molecular formula is C11H14F3N3O. The quantitative estimate of drug-likeness (QED) is 0.792. The molecule has 1 heterocycles. The Morgan fingerprint density at radius 2 is 2.11 bits per heavy atom. The van der Waals surface area contributed by atoms with Crippen molar-refractivity contribution >= 4 is 11.6 Å². The van der Waals surface area contributed by atoms with Crippen molar-refractivity contribution in [1.29, 1.82) is 0 Å². The van der Waals surface area contributed by atoms with Gasteiger partial charge in [0, 0.05) is 18.7 Å². The number of hydrogen-bond acceptors (Lipinski definition) is 3. The molecule has 0 fully saturated rings. The fraction of sp³-hybridized carbons (Fsp3) is 0.455. The molecule has 1 rings (SSSR count). The van der Waals surface area contributed by atoms with Crippen molar-refractivity contribution in [1.82, 2.24) is 10.3 Å². The van der Waals surface area contributed by atoms with Gasteiger partial charge in [-0.3, -0.25) is 9.78 Å². The number of halogens is 3. The van der Waals surface area contributed by atoms with Gasteiger partial charge in [-0.05, 0) is 18.6 Å². The molecule has 7 heteroatoms. The highest BCUT2D eigenvalue weighted by Gasteiger charge is 2.25. The highest BCUT2D eigenvalue weighted by Crippen LogP contribution is 2.20. The van der Waals surface area contributed by atoms with Crippen molar-refractivity contribution in [2.45, 2.75) is 25.4 Å². The van der Waals surface area contributed by atoms with E-state index in [0.717, 1.165) is 0 Å². The number of carbonyl (C=O) groups is 1. The first-order chi connectivity index (χ1) is 8.37. The number of nitrogens with one attached hydrogen (secondary N) is 1. The number of nitrogens with zero attached hydrogens (tertiary/aromatic N) is 1. The minimum Gasteiger partial charge on any atom is -0.397 e. The van der Waals surface area contributed by atoms with Crippen molar-refractivity contribution in [3.8, 4) is 0 Å². The van der Waals surface area contributed by atoms with Crippen molar-refractivity contribution in [2.75, 3.05) is 12.3 Å². The smallest absolute Gasteiger partial charge is 0.389 e. The molecule has 1 aromatic heterocycles. The van der Waals surface area contributed by atoms with Gasteiger partial charge in [0.25, 0.3) is 0 Å². The molecule has 0 radical (unpaired) electrons. The lowest BCUT2D eigenvalue weighted by Gasteiger charge is -2.07. The summed E-state index contributed by atoms with van der Waals surface area (Å²) in [6.45, 7) is 0.00726. The number of rotatable bonds is 5. The lowest BCUT2D eigenvalue weighted by Crippen LogP contribution is -2.27. The predicted molar refractivity (Wildman–Crippen MR) is 60.7 cm³/mol. The first-order valence-electron chi connectivity index (χ1n) is 5.41. The molecule has 4 nitrogen and oxygen atoms in total. The Morgan fingerprint density at radius 1 is 1.39 bits per heavy atom. The van der Waals surface area contributed by atoms with Gasteiger partial charge in [-0.1, -0.05) is 0 Å². The van der Waals surface area contributed by atoms with Crippen LogP contribution < -0.4 is 11.1 Å². The third kappa shape index (κ3) is 6.07. The normalized spacial score (nSPS) is 11.3. The summed E-state index contributed by atoms with van der Waals surface area (Å²) >= 11 is 0. The average molecular weight is 261 g/mol. The van der Waals surface area contributed by atoms with Crippen LogP contribution in [-0.4, -0.2) is 23.6 Å². The Labute approximate surface area is 102 Å². The molecule has 0 aliphatic heterocycles. The molecule has 0 saturated heterocycles. The second kappa shape index (κ2) is 6.23. The van der Waals surface area contributed by atoms with E-state index < -0.39 is 12.6 Å². The molecule has 0 aliphatic carbocycles. The maximum atomic E-state index is 11.8. The molecule has 0 atom stereocenters. The van der Waals surface area contributed by atoms with Crippen LogP contribution in [0.2, 0.25) is 0 Å². The third-order valence-electron chi connectivity index (χ3n) is 2.15. The predicted octanol–water partition coefficient (Wildman–Crippen LogP) is 1.67. The van der Waals surface area contributed by atoms with E-state index in [9.17, 15) is 18.0 Å². The molecule has 0 aromatic carbocycles. The lowest BCUT2D eigenvalue weighted by molar-refractivity contribution is -0.136. The van der Waals surface area contributed by atoms with E-state index in [1.807, 2.05) is 0 Å². The molecule has 0 spiro atoms. The zero-order valence-electron chi connectivity index (χ0n) is 9.63. The number of nitrogen functional groups attached to an aromatic ring is 1. The summed E-state index contributed by atoms with van der Waals surface area (Å²) in [5, 5.41) is 2.41. The van der Waals surface area contributed by atoms with E-state index in [-0.39, 0.29) is 25.3 Å². The Hall–Kier alpha value is -1.79. The molecule has 1 aromatic rings. The van der Waals surface area contributed by atoms with Crippen molar-refractivity contribution in [3.05, 3.63) is 24.0 Å². The zero-order valence-corrected chi connectivity index (χ0v) is 9.63. The molecule has 18 heavy (non-hydrogen) atoms. The molecule has 100 valence electrons. The molecule has 0 saturated carbocycles. The van der Waals surface area contributed by atoms with Gasteiger partial charge >= 0.3 is 6.18 Å². The van der Waals surface area contributed by atoms with E-state index >= 15 is 0 Å². The third-order valence-corrected chi connectivity index (χ3v) is 2.15. The number of pyridine rings is 1. The Bertz CT molecular complexity index is 390. The molecule has 1 amide bonds. The molecule has 0 aliphatic rings. The summed E-state index contributed by atoms with van der Waals surface area (Å²) in [5.74, 6) is -0.352. The largest absolute Gasteiger partial charge is 0.397 e. The van der Waals surface area contributed by atoms with Crippen LogP contribution in [0, 0.1) is 0 Å². The van der Waals surface area contributed by atoms with Gasteiger partial charge in [0.15, 0.2) is 0 Å². The van der Waals surface area contributed by atoms with Crippen LogP contribution in [-0.2, 0) is 11.2 Å². The summed E-state index contributed by atoms with van der Waals surface area (Å²) < 4.78 is 35.5. The van der Waals surface area contributed by atoms with Gasteiger partial charge in [0.2, 0.25) is 5.91 Å². The first-order valence-corrected chi connectivity index (χ1v) is 5.41. The monoisotopic (exact) mass is 261 g/mol. The number of carbonyl (C=O) groups excluding carboxylic acids is 1. The summed E-state index contributed by atoms with van der Waals surface area (Å²) in [4.78, 5) is 15.3. The van der Waals surface area contributed by atoms with Crippen LogP contribution in [0.4, 0.5) is 18.9 Å². The summed E-state index contributed by atoms with van der Waals surface area (Å²) in [7, 11) is 0. The molecule has 0 bridgehead atoms. The summed E-state index contributed by atoms with van der Waals surface area (Å²) in [6, 6.07) is 3.21. The first kappa shape index (κ1) is 14.3. The van der Waals surface area contributed by atoms with Gasteiger partial charge in [-0.2, -0.15) is 13.2 Å². The number of amides is 1. The maximum absolute atomic E-state index is 11.8. The fourth-order valence-corrected chi connectivity index (χ4v) is 1.28. The SMILES string of the molecule is Nc1ccc(CC(=O)NCCCC(F)(F)F)nc1. The Balaban J connectivity index is 2.24. The molecule has 0 unspecified atom stereocenters. The minimum absolute atomic E-state index is 0.00726. The van der Waals surface area contributed by atoms with E-state index in [0.29, 0.717) is 11.4 Å². The van der Waals surface area contributed by atoms with E-state index in [2.05, 4.69) is 10.3 Å². The number of hydrogen-bond donors (Lipinski definition) is 2. The Kier molecular flexibility index (Phi) is 4.94. The van der Waals surface area contributed by atoms with Crippen LogP contribution in [0.3, 0.4) is 0 Å². The zero-order chi connectivity index (χ0) is 13.6. The maximum Gasteiger partial charge on any atom is 0.389 e.